The van der Waals surface area contributed by atoms with Crippen LogP contribution in [0.15, 0.2) is 24.3 Å². The van der Waals surface area contributed by atoms with Crippen LogP contribution in [-0.2, 0) is 11.2 Å². The molecule has 1 aliphatic heterocycles. The summed E-state index contributed by atoms with van der Waals surface area (Å²) in [5.74, 6) is -3.01. The molecule has 13 heavy (non-hydrogen) atoms. The van der Waals surface area contributed by atoms with Gasteiger partial charge in [-0.15, -0.1) is 0 Å². The van der Waals surface area contributed by atoms with E-state index in [-0.39, 0.29) is 6.42 Å². The quantitative estimate of drug-likeness (QED) is 0.330. The van der Waals surface area contributed by atoms with Gasteiger partial charge in [-0.3, -0.25) is 0 Å². The van der Waals surface area contributed by atoms with Gasteiger partial charge in [-0.25, -0.2) is 4.79 Å². The van der Waals surface area contributed by atoms with Crippen molar-refractivity contribution in [2.24, 2.45) is 0 Å². The molecule has 0 atom stereocenters. The number of esters is 1. The van der Waals surface area contributed by atoms with Crippen molar-refractivity contribution in [3.8, 4) is 5.75 Å². The molecular weight excluding hydrogens is 172 g/mol. The highest BCUT2D eigenvalue weighted by Gasteiger charge is 2.40. The Labute approximate surface area is 74.4 Å². The average molecular weight is 180 g/mol. The number of benzene rings is 1. The standard InChI is InChI=1S/C9H8O4/c10-8-9(11,12)5-6-3-1-2-4-7(6)13-8/h1-4,11-12H,5H2. The Hall–Kier alpha value is -1.39. The van der Waals surface area contributed by atoms with Gasteiger partial charge in [0, 0.05) is 12.0 Å². The number of hydrogen-bond donors (Lipinski definition) is 2. The number of carbonyl (C=O) groups excluding carboxylic acids is 1. The van der Waals surface area contributed by atoms with Crippen LogP contribution in [0.3, 0.4) is 0 Å². The van der Waals surface area contributed by atoms with E-state index in [9.17, 15) is 15.0 Å². The summed E-state index contributed by atoms with van der Waals surface area (Å²) in [6.07, 6.45) is -0.123. The Balaban J connectivity index is 2.44. The van der Waals surface area contributed by atoms with Gasteiger partial charge in [0.25, 0.3) is 5.79 Å². The fourth-order valence-electron chi connectivity index (χ4n) is 1.27. The molecule has 0 saturated carbocycles. The lowest BCUT2D eigenvalue weighted by Gasteiger charge is -2.25. The van der Waals surface area contributed by atoms with E-state index in [4.69, 9.17) is 4.74 Å². The van der Waals surface area contributed by atoms with E-state index in [1.807, 2.05) is 0 Å². The van der Waals surface area contributed by atoms with Gasteiger partial charge in [0.2, 0.25) is 0 Å². The number of para-hydroxylation sites is 1. The van der Waals surface area contributed by atoms with Crippen LogP contribution in [0.5, 0.6) is 5.75 Å². The summed E-state index contributed by atoms with van der Waals surface area (Å²) in [6.45, 7) is 0. The van der Waals surface area contributed by atoms with Crippen molar-refractivity contribution < 1.29 is 19.7 Å². The van der Waals surface area contributed by atoms with E-state index in [0.717, 1.165) is 0 Å². The zero-order valence-electron chi connectivity index (χ0n) is 6.73. The summed E-state index contributed by atoms with van der Waals surface area (Å²) in [6, 6.07) is 6.76. The Morgan fingerprint density at radius 3 is 2.77 bits per heavy atom. The Kier molecular flexibility index (Phi) is 1.61. The van der Waals surface area contributed by atoms with Crippen molar-refractivity contribution in [3.05, 3.63) is 29.8 Å². The number of rotatable bonds is 0. The summed E-state index contributed by atoms with van der Waals surface area (Å²) in [7, 11) is 0. The van der Waals surface area contributed by atoms with E-state index in [1.165, 1.54) is 0 Å². The second-order valence-electron chi connectivity index (χ2n) is 2.99. The van der Waals surface area contributed by atoms with Gasteiger partial charge in [0.15, 0.2) is 0 Å². The van der Waals surface area contributed by atoms with Crippen LogP contribution in [0.25, 0.3) is 0 Å². The molecule has 1 aromatic rings. The third kappa shape index (κ3) is 1.30. The molecule has 0 unspecified atom stereocenters. The predicted molar refractivity (Wildman–Crippen MR) is 42.9 cm³/mol. The highest BCUT2D eigenvalue weighted by atomic mass is 16.6. The zero-order chi connectivity index (χ0) is 9.47. The molecule has 0 spiro atoms. The van der Waals surface area contributed by atoms with Crippen LogP contribution in [0.2, 0.25) is 0 Å². The molecule has 0 aromatic heterocycles. The Morgan fingerprint density at radius 2 is 2.00 bits per heavy atom. The summed E-state index contributed by atoms with van der Waals surface area (Å²) >= 11 is 0. The van der Waals surface area contributed by atoms with Gasteiger partial charge in [-0.05, 0) is 6.07 Å². The monoisotopic (exact) mass is 180 g/mol. The molecule has 0 bridgehead atoms. The number of aliphatic hydroxyl groups is 2. The topological polar surface area (TPSA) is 66.8 Å². The van der Waals surface area contributed by atoms with Gasteiger partial charge < -0.3 is 14.9 Å². The van der Waals surface area contributed by atoms with Crippen molar-refractivity contribution in [1.29, 1.82) is 0 Å². The smallest absolute Gasteiger partial charge is 0.372 e. The van der Waals surface area contributed by atoms with E-state index in [2.05, 4.69) is 0 Å². The van der Waals surface area contributed by atoms with E-state index in [0.29, 0.717) is 11.3 Å². The van der Waals surface area contributed by atoms with E-state index in [1.54, 1.807) is 24.3 Å². The maximum Gasteiger partial charge on any atom is 0.372 e. The SMILES string of the molecule is O=C1Oc2ccccc2CC1(O)O. The van der Waals surface area contributed by atoms with Crippen molar-refractivity contribution >= 4 is 5.97 Å². The van der Waals surface area contributed by atoms with Gasteiger partial charge >= 0.3 is 5.97 Å². The number of fused-ring (bicyclic) bond motifs is 1. The van der Waals surface area contributed by atoms with Crippen LogP contribution in [0, 0.1) is 0 Å². The van der Waals surface area contributed by atoms with Crippen molar-refractivity contribution in [2.75, 3.05) is 0 Å². The van der Waals surface area contributed by atoms with Gasteiger partial charge in [0.1, 0.15) is 5.75 Å². The first kappa shape index (κ1) is 8.22. The van der Waals surface area contributed by atoms with Gasteiger partial charge in [-0.2, -0.15) is 0 Å². The van der Waals surface area contributed by atoms with E-state index >= 15 is 0 Å². The molecule has 4 heteroatoms. The minimum absolute atomic E-state index is 0.123. The van der Waals surface area contributed by atoms with Crippen LogP contribution in [0.4, 0.5) is 0 Å². The highest BCUT2D eigenvalue weighted by Crippen LogP contribution is 2.28. The second kappa shape index (κ2) is 2.55. The largest absolute Gasteiger partial charge is 0.422 e. The predicted octanol–water partition coefficient (Wildman–Crippen LogP) is -0.171. The first-order valence-corrected chi connectivity index (χ1v) is 3.84. The summed E-state index contributed by atoms with van der Waals surface area (Å²) < 4.78 is 4.71. The first-order chi connectivity index (χ1) is 6.09. The number of ether oxygens (including phenoxy) is 1. The van der Waals surface area contributed by atoms with Gasteiger partial charge in [-0.1, -0.05) is 18.2 Å². The molecule has 0 amide bonds. The minimum atomic E-state index is -2.38. The first-order valence-electron chi connectivity index (χ1n) is 3.84. The highest BCUT2D eigenvalue weighted by molar-refractivity contribution is 5.82. The Morgan fingerprint density at radius 1 is 1.31 bits per heavy atom. The molecule has 0 aliphatic carbocycles. The summed E-state index contributed by atoms with van der Waals surface area (Å²) in [5.41, 5.74) is 0.618. The molecule has 68 valence electrons. The molecule has 1 aromatic carbocycles. The number of carbonyl (C=O) groups is 1. The third-order valence-electron chi connectivity index (χ3n) is 1.94. The lowest BCUT2D eigenvalue weighted by molar-refractivity contribution is -0.203. The van der Waals surface area contributed by atoms with Crippen LogP contribution in [-0.4, -0.2) is 22.0 Å². The normalized spacial score (nSPS) is 19.1. The Bertz CT molecular complexity index is 356. The van der Waals surface area contributed by atoms with Crippen molar-refractivity contribution in [3.63, 3.8) is 0 Å². The van der Waals surface area contributed by atoms with Crippen LogP contribution in [0.1, 0.15) is 5.56 Å². The molecule has 1 heterocycles. The molecule has 0 saturated heterocycles. The molecule has 0 fully saturated rings. The summed E-state index contributed by atoms with van der Waals surface area (Å²) in [4.78, 5) is 11.0. The van der Waals surface area contributed by atoms with Crippen molar-refractivity contribution in [2.45, 2.75) is 12.2 Å². The molecule has 2 N–H and O–H groups in total. The van der Waals surface area contributed by atoms with E-state index < -0.39 is 11.8 Å². The second-order valence-corrected chi connectivity index (χ2v) is 2.99. The molecular formula is C9H8O4. The maximum absolute atomic E-state index is 11.0. The fourth-order valence-corrected chi connectivity index (χ4v) is 1.27. The van der Waals surface area contributed by atoms with Crippen molar-refractivity contribution in [1.82, 2.24) is 0 Å². The summed E-state index contributed by atoms with van der Waals surface area (Å²) in [5, 5.41) is 18.3. The third-order valence-corrected chi connectivity index (χ3v) is 1.94. The van der Waals surface area contributed by atoms with Crippen LogP contribution < -0.4 is 4.74 Å². The average Bonchev–Trinajstić information content (AvgIpc) is 2.06. The minimum Gasteiger partial charge on any atom is -0.422 e. The zero-order valence-corrected chi connectivity index (χ0v) is 6.73. The van der Waals surface area contributed by atoms with Crippen LogP contribution >= 0.6 is 0 Å². The molecule has 0 radical (unpaired) electrons. The van der Waals surface area contributed by atoms with Gasteiger partial charge in [0.05, 0.1) is 0 Å². The number of hydrogen-bond acceptors (Lipinski definition) is 4. The fraction of sp³-hybridized carbons (Fsp3) is 0.222. The molecule has 1 aliphatic rings. The molecule has 4 nitrogen and oxygen atoms in total. The molecule has 2 rings (SSSR count). The lowest BCUT2D eigenvalue weighted by Crippen LogP contribution is -2.46. The lowest BCUT2D eigenvalue weighted by atomic mass is 10.0. The maximum atomic E-state index is 11.0.